The van der Waals surface area contributed by atoms with Crippen molar-refractivity contribution in [2.24, 2.45) is 11.7 Å². The van der Waals surface area contributed by atoms with Crippen LogP contribution in [0.3, 0.4) is 0 Å². The van der Waals surface area contributed by atoms with E-state index in [0.717, 1.165) is 25.1 Å². The minimum Gasteiger partial charge on any atom is -0.329 e. The van der Waals surface area contributed by atoms with Gasteiger partial charge in [0.15, 0.2) is 9.84 Å². The Morgan fingerprint density at radius 2 is 2.11 bits per heavy atom. The molecule has 2 N–H and O–H groups in total. The molecule has 3 unspecified atom stereocenters. The first kappa shape index (κ1) is 17.3. The van der Waals surface area contributed by atoms with Crippen molar-refractivity contribution in [3.8, 4) is 0 Å². The molecule has 1 fully saturated rings. The average molecular weight is 309 g/mol. The highest BCUT2D eigenvalue weighted by atomic mass is 32.2. The fraction of sp³-hybridized carbons (Fsp3) is 1.00. The molecule has 4 nitrogen and oxygen atoms in total. The second kappa shape index (κ2) is 7.86. The predicted molar refractivity (Wildman–Crippen MR) is 84.2 cm³/mol. The van der Waals surface area contributed by atoms with Crippen LogP contribution in [0.2, 0.25) is 0 Å². The molecule has 0 amide bonds. The van der Waals surface area contributed by atoms with Crippen molar-refractivity contribution in [3.05, 3.63) is 0 Å². The minimum absolute atomic E-state index is 0.187. The molecule has 1 aliphatic heterocycles. The quantitative estimate of drug-likeness (QED) is 0.773. The summed E-state index contributed by atoms with van der Waals surface area (Å²) in [4.78, 5) is 2.16. The zero-order valence-electron chi connectivity index (χ0n) is 12.3. The molecule has 19 heavy (non-hydrogen) atoms. The summed E-state index contributed by atoms with van der Waals surface area (Å²) in [7, 11) is -3.02. The summed E-state index contributed by atoms with van der Waals surface area (Å²) in [6, 6.07) is 0.187. The first-order valence-electron chi connectivity index (χ1n) is 7.23. The van der Waals surface area contributed by atoms with Crippen LogP contribution in [0.15, 0.2) is 0 Å². The molecular weight excluding hydrogens is 280 g/mol. The number of sulfone groups is 1. The molecule has 0 spiro atoms. The zero-order chi connectivity index (χ0) is 14.5. The second-order valence-electron chi connectivity index (χ2n) is 5.29. The van der Waals surface area contributed by atoms with Crippen LogP contribution in [0, 0.1) is 5.92 Å². The lowest BCUT2D eigenvalue weighted by atomic mass is 9.95. The van der Waals surface area contributed by atoms with E-state index in [4.69, 9.17) is 5.73 Å². The lowest BCUT2D eigenvalue weighted by molar-refractivity contribution is 0.143. The molecule has 0 radical (unpaired) electrons. The summed E-state index contributed by atoms with van der Waals surface area (Å²) in [5.41, 5.74) is 5.94. The summed E-state index contributed by atoms with van der Waals surface area (Å²) < 4.78 is 24.5. The van der Waals surface area contributed by atoms with Crippen LogP contribution in [0.5, 0.6) is 0 Å². The summed E-state index contributed by atoms with van der Waals surface area (Å²) in [5.74, 6) is 2.36. The van der Waals surface area contributed by atoms with Gasteiger partial charge in [-0.05, 0) is 12.3 Å². The van der Waals surface area contributed by atoms with Gasteiger partial charge in [-0.3, -0.25) is 4.90 Å². The number of hydrogen-bond acceptors (Lipinski definition) is 5. The predicted octanol–water partition coefficient (Wildman–Crippen LogP) is 1.56. The van der Waals surface area contributed by atoms with E-state index < -0.39 is 9.84 Å². The van der Waals surface area contributed by atoms with Gasteiger partial charge in [-0.25, -0.2) is 8.42 Å². The maximum Gasteiger partial charge on any atom is 0.166 e. The zero-order valence-corrected chi connectivity index (χ0v) is 14.0. The fourth-order valence-electron chi connectivity index (χ4n) is 2.82. The van der Waals surface area contributed by atoms with Gasteiger partial charge in [-0.1, -0.05) is 27.2 Å². The first-order chi connectivity index (χ1) is 8.97. The standard InChI is InChI=1S/C13H28N2O2S2/c1-4-6-11(3)12(9-14)15-7-8-18-10-13(15)19(16,17)5-2/h11-13H,4-10,14H2,1-3H3. The average Bonchev–Trinajstić information content (AvgIpc) is 2.40. The highest BCUT2D eigenvalue weighted by molar-refractivity contribution is 8.01. The van der Waals surface area contributed by atoms with Crippen LogP contribution >= 0.6 is 11.8 Å². The molecule has 1 rings (SSSR count). The van der Waals surface area contributed by atoms with E-state index in [-0.39, 0.29) is 17.2 Å². The molecule has 3 atom stereocenters. The van der Waals surface area contributed by atoms with Crippen LogP contribution < -0.4 is 5.73 Å². The molecule has 0 aromatic rings. The largest absolute Gasteiger partial charge is 0.329 e. The molecule has 0 aromatic carbocycles. The van der Waals surface area contributed by atoms with Crippen molar-refractivity contribution >= 4 is 21.6 Å². The van der Waals surface area contributed by atoms with Gasteiger partial charge in [0.05, 0.1) is 0 Å². The maximum atomic E-state index is 12.3. The Hall–Kier alpha value is 0.220. The molecule has 0 saturated carbocycles. The Bertz CT molecular complexity index is 360. The molecule has 1 saturated heterocycles. The summed E-state index contributed by atoms with van der Waals surface area (Å²) >= 11 is 1.74. The second-order valence-corrected chi connectivity index (χ2v) is 8.88. The van der Waals surface area contributed by atoms with Crippen LogP contribution in [0.25, 0.3) is 0 Å². The van der Waals surface area contributed by atoms with E-state index in [1.807, 2.05) is 0 Å². The smallest absolute Gasteiger partial charge is 0.166 e. The third-order valence-corrected chi connectivity index (χ3v) is 7.31. The highest BCUT2D eigenvalue weighted by Gasteiger charge is 2.37. The van der Waals surface area contributed by atoms with Gasteiger partial charge in [0, 0.05) is 36.4 Å². The molecule has 0 bridgehead atoms. The van der Waals surface area contributed by atoms with Crippen LogP contribution in [-0.2, 0) is 9.84 Å². The summed E-state index contributed by atoms with van der Waals surface area (Å²) in [6.07, 6.45) is 2.22. The lowest BCUT2D eigenvalue weighted by Gasteiger charge is -2.42. The Morgan fingerprint density at radius 3 is 2.63 bits per heavy atom. The third-order valence-electron chi connectivity index (χ3n) is 4.01. The topological polar surface area (TPSA) is 63.4 Å². The molecule has 0 aromatic heterocycles. The van der Waals surface area contributed by atoms with Gasteiger partial charge in [0.25, 0.3) is 0 Å². The van der Waals surface area contributed by atoms with Crippen LogP contribution in [0.1, 0.15) is 33.6 Å². The van der Waals surface area contributed by atoms with Gasteiger partial charge < -0.3 is 5.73 Å². The normalized spacial score (nSPS) is 25.2. The van der Waals surface area contributed by atoms with E-state index >= 15 is 0 Å². The van der Waals surface area contributed by atoms with Crippen molar-refractivity contribution in [2.75, 3.05) is 30.3 Å². The van der Waals surface area contributed by atoms with E-state index in [1.165, 1.54) is 0 Å². The minimum atomic E-state index is -3.02. The van der Waals surface area contributed by atoms with Crippen molar-refractivity contribution in [2.45, 2.75) is 45.0 Å². The molecule has 6 heteroatoms. The van der Waals surface area contributed by atoms with Crippen molar-refractivity contribution in [1.82, 2.24) is 4.90 Å². The van der Waals surface area contributed by atoms with Crippen molar-refractivity contribution in [1.29, 1.82) is 0 Å². The monoisotopic (exact) mass is 308 g/mol. The molecule has 1 heterocycles. The number of thioether (sulfide) groups is 1. The van der Waals surface area contributed by atoms with E-state index in [0.29, 0.717) is 18.2 Å². The lowest BCUT2D eigenvalue weighted by Crippen LogP contribution is -2.56. The Morgan fingerprint density at radius 1 is 1.42 bits per heavy atom. The maximum absolute atomic E-state index is 12.3. The van der Waals surface area contributed by atoms with Gasteiger partial charge in [-0.15, -0.1) is 0 Å². The van der Waals surface area contributed by atoms with Gasteiger partial charge in [0.1, 0.15) is 5.37 Å². The van der Waals surface area contributed by atoms with Crippen molar-refractivity contribution < 1.29 is 8.42 Å². The van der Waals surface area contributed by atoms with Gasteiger partial charge in [-0.2, -0.15) is 11.8 Å². The first-order valence-corrected chi connectivity index (χ1v) is 10.1. The number of nitrogens with two attached hydrogens (primary N) is 1. The SMILES string of the molecule is CCCC(C)C(CN)N1CCSCC1S(=O)(=O)CC. The summed E-state index contributed by atoms with van der Waals surface area (Å²) in [5, 5.41) is -0.343. The van der Waals surface area contributed by atoms with Crippen LogP contribution in [0.4, 0.5) is 0 Å². The Kier molecular flexibility index (Phi) is 7.14. The molecule has 114 valence electrons. The van der Waals surface area contributed by atoms with Crippen LogP contribution in [-0.4, -0.2) is 55.1 Å². The number of nitrogens with zero attached hydrogens (tertiary/aromatic N) is 1. The summed E-state index contributed by atoms with van der Waals surface area (Å²) in [6.45, 7) is 7.47. The Labute approximate surface area is 122 Å². The van der Waals surface area contributed by atoms with Gasteiger partial charge in [0.2, 0.25) is 0 Å². The number of rotatable bonds is 7. The third kappa shape index (κ3) is 4.34. The van der Waals surface area contributed by atoms with Gasteiger partial charge >= 0.3 is 0 Å². The number of hydrogen-bond donors (Lipinski definition) is 1. The fourth-order valence-corrected chi connectivity index (χ4v) is 5.89. The highest BCUT2D eigenvalue weighted by Crippen LogP contribution is 2.27. The Balaban J connectivity index is 2.91. The van der Waals surface area contributed by atoms with Crippen molar-refractivity contribution in [3.63, 3.8) is 0 Å². The molecule has 1 aliphatic rings. The molecular formula is C13H28N2O2S2. The van der Waals surface area contributed by atoms with E-state index in [9.17, 15) is 8.42 Å². The van der Waals surface area contributed by atoms with E-state index in [1.54, 1.807) is 18.7 Å². The van der Waals surface area contributed by atoms with E-state index in [2.05, 4.69) is 18.7 Å². The molecule has 0 aliphatic carbocycles.